The van der Waals surface area contributed by atoms with Gasteiger partial charge in [-0.15, -0.1) is 0 Å². The zero-order valence-corrected chi connectivity index (χ0v) is 11.3. The predicted octanol–water partition coefficient (Wildman–Crippen LogP) is 3.44. The molecule has 0 spiro atoms. The number of hydrogen-bond donors (Lipinski definition) is 2. The minimum atomic E-state index is -1.38. The maximum absolute atomic E-state index is 13.7. The molecular formula is C11H13BrClFO2. The summed E-state index contributed by atoms with van der Waals surface area (Å²) in [7, 11) is 0. The van der Waals surface area contributed by atoms with E-state index < -0.39 is 17.5 Å². The second-order valence-electron chi connectivity index (χ2n) is 3.88. The zero-order valence-electron chi connectivity index (χ0n) is 8.97. The summed E-state index contributed by atoms with van der Waals surface area (Å²) in [5.41, 5.74) is -1.38. The number of aliphatic hydroxyl groups excluding tert-OH is 1. The van der Waals surface area contributed by atoms with Crippen LogP contribution in [0.1, 0.15) is 31.9 Å². The van der Waals surface area contributed by atoms with Gasteiger partial charge in [0.15, 0.2) is 0 Å². The second kappa shape index (κ2) is 5.00. The van der Waals surface area contributed by atoms with Crippen molar-refractivity contribution in [2.75, 3.05) is 0 Å². The summed E-state index contributed by atoms with van der Waals surface area (Å²) in [6, 6.07) is 2.94. The Morgan fingerprint density at radius 2 is 2.12 bits per heavy atom. The average molecular weight is 312 g/mol. The Labute approximate surface area is 107 Å². The average Bonchev–Trinajstić information content (AvgIpc) is 2.25. The van der Waals surface area contributed by atoms with Crippen molar-refractivity contribution < 1.29 is 14.6 Å². The van der Waals surface area contributed by atoms with E-state index in [9.17, 15) is 14.6 Å². The summed E-state index contributed by atoms with van der Waals surface area (Å²) >= 11 is 8.79. The quantitative estimate of drug-likeness (QED) is 0.840. The Hall–Kier alpha value is -0.160. The SMILES string of the molecule is CCC(C)(O)C(O)c1ccc(Br)c(Cl)c1F. The molecule has 16 heavy (non-hydrogen) atoms. The van der Waals surface area contributed by atoms with Crippen LogP contribution in [0.15, 0.2) is 16.6 Å². The molecule has 5 heteroatoms. The van der Waals surface area contributed by atoms with Gasteiger partial charge in [0.05, 0.1) is 10.6 Å². The zero-order chi connectivity index (χ0) is 12.5. The molecule has 0 heterocycles. The molecule has 0 aliphatic rings. The first kappa shape index (κ1) is 13.9. The Bertz CT molecular complexity index is 396. The van der Waals surface area contributed by atoms with Crippen molar-refractivity contribution in [3.8, 4) is 0 Å². The molecule has 0 saturated carbocycles. The Balaban J connectivity index is 3.20. The van der Waals surface area contributed by atoms with Crippen molar-refractivity contribution in [1.29, 1.82) is 0 Å². The first-order valence-electron chi connectivity index (χ1n) is 4.85. The molecule has 0 radical (unpaired) electrons. The largest absolute Gasteiger partial charge is 0.387 e. The molecule has 0 fully saturated rings. The van der Waals surface area contributed by atoms with Gasteiger partial charge in [-0.3, -0.25) is 0 Å². The van der Waals surface area contributed by atoms with E-state index in [4.69, 9.17) is 11.6 Å². The summed E-state index contributed by atoms with van der Waals surface area (Å²) in [6.07, 6.45) is -0.996. The van der Waals surface area contributed by atoms with Crippen LogP contribution in [0, 0.1) is 5.82 Å². The lowest BCUT2D eigenvalue weighted by molar-refractivity contribution is -0.0673. The van der Waals surface area contributed by atoms with Gasteiger partial charge in [-0.2, -0.15) is 0 Å². The van der Waals surface area contributed by atoms with Crippen molar-refractivity contribution in [1.82, 2.24) is 0 Å². The Kier molecular flexibility index (Phi) is 4.35. The van der Waals surface area contributed by atoms with Crippen molar-refractivity contribution in [2.24, 2.45) is 0 Å². The van der Waals surface area contributed by atoms with Crippen molar-refractivity contribution >= 4 is 27.5 Å². The van der Waals surface area contributed by atoms with Crippen LogP contribution < -0.4 is 0 Å². The molecule has 0 aromatic heterocycles. The topological polar surface area (TPSA) is 40.5 Å². The number of halogens is 3. The predicted molar refractivity (Wildman–Crippen MR) is 65.0 cm³/mol. The second-order valence-corrected chi connectivity index (χ2v) is 5.11. The fourth-order valence-electron chi connectivity index (χ4n) is 1.28. The molecule has 90 valence electrons. The van der Waals surface area contributed by atoms with Crippen LogP contribution >= 0.6 is 27.5 Å². The van der Waals surface area contributed by atoms with Gasteiger partial charge in [0, 0.05) is 10.0 Å². The van der Waals surface area contributed by atoms with Crippen molar-refractivity contribution in [3.05, 3.63) is 33.0 Å². The molecule has 0 aliphatic carbocycles. The minimum absolute atomic E-state index is 0.0000463. The molecule has 2 N–H and O–H groups in total. The lowest BCUT2D eigenvalue weighted by atomic mass is 9.90. The van der Waals surface area contributed by atoms with Gasteiger partial charge in [0.2, 0.25) is 0 Å². The van der Waals surface area contributed by atoms with Crippen LogP contribution in [0.4, 0.5) is 4.39 Å². The van der Waals surface area contributed by atoms with E-state index in [2.05, 4.69) is 15.9 Å². The molecule has 1 aromatic rings. The molecule has 0 amide bonds. The third kappa shape index (κ3) is 2.56. The van der Waals surface area contributed by atoms with Crippen LogP contribution in [0.5, 0.6) is 0 Å². The maximum atomic E-state index is 13.7. The highest BCUT2D eigenvalue weighted by atomic mass is 79.9. The fourth-order valence-corrected chi connectivity index (χ4v) is 1.76. The third-order valence-electron chi connectivity index (χ3n) is 2.66. The molecule has 0 saturated heterocycles. The van der Waals surface area contributed by atoms with Gasteiger partial charge in [-0.25, -0.2) is 4.39 Å². The Morgan fingerprint density at radius 3 is 2.62 bits per heavy atom. The first-order chi connectivity index (χ1) is 7.31. The molecule has 2 unspecified atom stereocenters. The van der Waals surface area contributed by atoms with Gasteiger partial charge >= 0.3 is 0 Å². The molecule has 1 aromatic carbocycles. The van der Waals surface area contributed by atoms with E-state index in [1.165, 1.54) is 19.1 Å². The molecular weight excluding hydrogens is 298 g/mol. The summed E-state index contributed by atoms with van der Waals surface area (Å²) in [6.45, 7) is 3.16. The number of benzene rings is 1. The highest BCUT2D eigenvalue weighted by Gasteiger charge is 2.32. The molecule has 0 aliphatic heterocycles. The lowest BCUT2D eigenvalue weighted by Gasteiger charge is -2.28. The van der Waals surface area contributed by atoms with Crippen LogP contribution in [-0.2, 0) is 0 Å². The summed E-state index contributed by atoms with van der Waals surface area (Å²) < 4.78 is 14.2. The van der Waals surface area contributed by atoms with Gasteiger partial charge in [-0.05, 0) is 35.3 Å². The summed E-state index contributed by atoms with van der Waals surface area (Å²) in [5.74, 6) is -0.711. The van der Waals surface area contributed by atoms with E-state index in [0.717, 1.165) is 0 Å². The maximum Gasteiger partial charge on any atom is 0.148 e. The van der Waals surface area contributed by atoms with Gasteiger partial charge in [0.1, 0.15) is 11.9 Å². The van der Waals surface area contributed by atoms with Crippen LogP contribution in [0.2, 0.25) is 5.02 Å². The van der Waals surface area contributed by atoms with E-state index in [0.29, 0.717) is 10.9 Å². The molecule has 1 rings (SSSR count). The smallest absolute Gasteiger partial charge is 0.148 e. The number of rotatable bonds is 3. The van der Waals surface area contributed by atoms with E-state index in [-0.39, 0.29) is 10.6 Å². The third-order valence-corrected chi connectivity index (χ3v) is 3.92. The fraction of sp³-hybridized carbons (Fsp3) is 0.455. The van der Waals surface area contributed by atoms with E-state index >= 15 is 0 Å². The van der Waals surface area contributed by atoms with Gasteiger partial charge in [-0.1, -0.05) is 24.6 Å². The Morgan fingerprint density at radius 1 is 1.56 bits per heavy atom. The van der Waals surface area contributed by atoms with Gasteiger partial charge < -0.3 is 10.2 Å². The van der Waals surface area contributed by atoms with E-state index in [1.807, 2.05) is 0 Å². The number of aliphatic hydroxyl groups is 2. The highest BCUT2D eigenvalue weighted by molar-refractivity contribution is 9.10. The van der Waals surface area contributed by atoms with Crippen molar-refractivity contribution in [3.63, 3.8) is 0 Å². The highest BCUT2D eigenvalue weighted by Crippen LogP contribution is 2.35. The lowest BCUT2D eigenvalue weighted by Crippen LogP contribution is -2.32. The number of hydrogen-bond acceptors (Lipinski definition) is 2. The molecule has 2 atom stereocenters. The molecule has 0 bridgehead atoms. The molecule has 2 nitrogen and oxygen atoms in total. The normalized spacial score (nSPS) is 16.9. The van der Waals surface area contributed by atoms with E-state index in [1.54, 1.807) is 6.92 Å². The van der Waals surface area contributed by atoms with Crippen LogP contribution in [0.3, 0.4) is 0 Å². The monoisotopic (exact) mass is 310 g/mol. The van der Waals surface area contributed by atoms with Crippen molar-refractivity contribution in [2.45, 2.75) is 32.0 Å². The van der Waals surface area contributed by atoms with Crippen LogP contribution in [0.25, 0.3) is 0 Å². The minimum Gasteiger partial charge on any atom is -0.387 e. The van der Waals surface area contributed by atoms with Crippen LogP contribution in [-0.4, -0.2) is 15.8 Å². The summed E-state index contributed by atoms with van der Waals surface area (Å²) in [4.78, 5) is 0. The van der Waals surface area contributed by atoms with Gasteiger partial charge in [0.25, 0.3) is 0 Å². The first-order valence-corrected chi connectivity index (χ1v) is 6.02. The standard InChI is InChI=1S/C11H13BrClFO2/c1-3-11(2,16)10(15)6-4-5-7(12)8(13)9(6)14/h4-5,10,15-16H,3H2,1-2H3. The summed E-state index contributed by atoms with van der Waals surface area (Å²) in [5, 5.41) is 19.6.